The van der Waals surface area contributed by atoms with Crippen molar-refractivity contribution in [2.75, 3.05) is 18.5 Å². The lowest BCUT2D eigenvalue weighted by Gasteiger charge is -2.09. The summed E-state index contributed by atoms with van der Waals surface area (Å²) in [6, 6.07) is 12.5. The molecule has 154 valence electrons. The minimum absolute atomic E-state index is 0.0205. The van der Waals surface area contributed by atoms with Crippen LogP contribution in [0.25, 0.3) is 0 Å². The molecule has 1 amide bonds. The van der Waals surface area contributed by atoms with E-state index in [-0.39, 0.29) is 25.2 Å². The summed E-state index contributed by atoms with van der Waals surface area (Å²) in [5.74, 6) is -0.460. The van der Waals surface area contributed by atoms with E-state index in [1.165, 1.54) is 0 Å². The van der Waals surface area contributed by atoms with Gasteiger partial charge in [0.1, 0.15) is 5.75 Å². The molecule has 0 aromatic heterocycles. The van der Waals surface area contributed by atoms with Crippen molar-refractivity contribution in [3.8, 4) is 5.75 Å². The number of amides is 1. The molecule has 0 atom stereocenters. The highest BCUT2D eigenvalue weighted by Crippen LogP contribution is 2.16. The van der Waals surface area contributed by atoms with Gasteiger partial charge in [-0.05, 0) is 56.2 Å². The summed E-state index contributed by atoms with van der Waals surface area (Å²) in [4.78, 5) is 36.0. The van der Waals surface area contributed by atoms with Crippen molar-refractivity contribution < 1.29 is 23.9 Å². The molecule has 1 N–H and O–H groups in total. The van der Waals surface area contributed by atoms with Gasteiger partial charge in [-0.15, -0.1) is 0 Å². The molecule has 0 saturated heterocycles. The normalized spacial score (nSPS) is 10.3. The topological polar surface area (TPSA) is 81.7 Å². The number of ketones is 1. The number of nitrogens with one attached hydrogen (secondary N) is 1. The average molecular weight is 397 g/mol. The third-order valence-corrected chi connectivity index (χ3v) is 4.23. The zero-order valence-corrected chi connectivity index (χ0v) is 17.1. The monoisotopic (exact) mass is 397 g/mol. The van der Waals surface area contributed by atoms with Crippen LogP contribution in [0.15, 0.2) is 42.5 Å². The second-order valence-corrected chi connectivity index (χ2v) is 6.82. The van der Waals surface area contributed by atoms with Gasteiger partial charge < -0.3 is 14.8 Å². The van der Waals surface area contributed by atoms with E-state index in [0.717, 1.165) is 17.5 Å². The van der Waals surface area contributed by atoms with Gasteiger partial charge in [0.15, 0.2) is 12.4 Å². The van der Waals surface area contributed by atoms with Gasteiger partial charge in [0, 0.05) is 17.7 Å². The van der Waals surface area contributed by atoms with Crippen LogP contribution in [0, 0.1) is 13.8 Å². The molecule has 0 aliphatic carbocycles. The smallest absolute Gasteiger partial charge is 0.306 e. The highest BCUT2D eigenvalue weighted by Gasteiger charge is 2.13. The largest absolute Gasteiger partial charge is 0.494 e. The van der Waals surface area contributed by atoms with Gasteiger partial charge in [0.2, 0.25) is 0 Å². The molecule has 0 spiro atoms. The molecule has 6 heteroatoms. The van der Waals surface area contributed by atoms with Gasteiger partial charge in [-0.1, -0.05) is 24.6 Å². The molecular formula is C23H27NO5. The fraction of sp³-hybridized carbons (Fsp3) is 0.348. The van der Waals surface area contributed by atoms with E-state index in [1.54, 1.807) is 24.3 Å². The molecule has 2 rings (SSSR count). The van der Waals surface area contributed by atoms with Gasteiger partial charge in [0.25, 0.3) is 5.91 Å². The van der Waals surface area contributed by atoms with Crippen molar-refractivity contribution in [1.82, 2.24) is 0 Å². The van der Waals surface area contributed by atoms with Crippen LogP contribution in [0.1, 0.15) is 47.7 Å². The number of benzene rings is 2. The van der Waals surface area contributed by atoms with Crippen molar-refractivity contribution in [3.63, 3.8) is 0 Å². The molecule has 0 radical (unpaired) electrons. The lowest BCUT2D eigenvalue weighted by Crippen LogP contribution is -2.21. The number of carbonyl (C=O) groups excluding carboxylic acids is 3. The maximum atomic E-state index is 12.2. The van der Waals surface area contributed by atoms with Gasteiger partial charge >= 0.3 is 5.97 Å². The summed E-state index contributed by atoms with van der Waals surface area (Å²) in [7, 11) is 0. The standard InChI is InChI=1S/C23H27NO5/c1-4-13-28-19-8-6-18(7-9-19)21(25)11-12-23(27)29-15-22(26)24-20-10-5-16(2)14-17(20)3/h5-10,14H,4,11-13,15H2,1-3H3,(H,24,26). The van der Waals surface area contributed by atoms with Crippen LogP contribution in [0.3, 0.4) is 0 Å². The predicted molar refractivity (Wildman–Crippen MR) is 111 cm³/mol. The zero-order chi connectivity index (χ0) is 21.2. The molecular weight excluding hydrogens is 370 g/mol. The van der Waals surface area contributed by atoms with E-state index in [2.05, 4.69) is 5.32 Å². The Morgan fingerprint density at radius 2 is 1.69 bits per heavy atom. The van der Waals surface area contributed by atoms with Crippen LogP contribution in [-0.4, -0.2) is 30.9 Å². The van der Waals surface area contributed by atoms with Crippen LogP contribution in [0.2, 0.25) is 0 Å². The minimum atomic E-state index is -0.586. The summed E-state index contributed by atoms with van der Waals surface area (Å²) in [5, 5.41) is 2.71. The van der Waals surface area contributed by atoms with E-state index >= 15 is 0 Å². The van der Waals surface area contributed by atoms with Crippen LogP contribution in [0.4, 0.5) is 5.69 Å². The first kappa shape index (κ1) is 22.1. The molecule has 0 heterocycles. The van der Waals surface area contributed by atoms with Crippen molar-refractivity contribution in [2.24, 2.45) is 0 Å². The first-order chi connectivity index (χ1) is 13.9. The molecule has 6 nitrogen and oxygen atoms in total. The number of aryl methyl sites for hydroxylation is 2. The Hall–Kier alpha value is -3.15. The molecule has 2 aromatic carbocycles. The van der Waals surface area contributed by atoms with Crippen LogP contribution in [-0.2, 0) is 14.3 Å². The van der Waals surface area contributed by atoms with Crippen molar-refractivity contribution in [2.45, 2.75) is 40.0 Å². The Bertz CT molecular complexity index is 858. The van der Waals surface area contributed by atoms with E-state index in [0.29, 0.717) is 23.6 Å². The highest BCUT2D eigenvalue weighted by atomic mass is 16.5. The number of rotatable bonds is 10. The summed E-state index contributed by atoms with van der Waals surface area (Å²) in [6.45, 7) is 6.11. The lowest BCUT2D eigenvalue weighted by atomic mass is 10.1. The van der Waals surface area contributed by atoms with E-state index in [1.807, 2.05) is 39.0 Å². The fourth-order valence-corrected chi connectivity index (χ4v) is 2.68. The summed E-state index contributed by atoms with van der Waals surface area (Å²) in [6.07, 6.45) is 0.849. The maximum Gasteiger partial charge on any atom is 0.306 e. The lowest BCUT2D eigenvalue weighted by molar-refractivity contribution is -0.147. The van der Waals surface area contributed by atoms with Crippen LogP contribution >= 0.6 is 0 Å². The Labute approximate surface area is 171 Å². The predicted octanol–water partition coefficient (Wildman–Crippen LogP) is 4.24. The number of hydrogen-bond donors (Lipinski definition) is 1. The molecule has 29 heavy (non-hydrogen) atoms. The quantitative estimate of drug-likeness (QED) is 0.479. The number of Topliss-reactive ketones (excluding diaryl/α,β-unsaturated/α-hetero) is 1. The number of ether oxygens (including phenoxy) is 2. The number of anilines is 1. The van der Waals surface area contributed by atoms with Crippen molar-refractivity contribution in [3.05, 3.63) is 59.2 Å². The summed E-state index contributed by atoms with van der Waals surface area (Å²) in [5.41, 5.74) is 3.22. The second kappa shape index (κ2) is 11.0. The van der Waals surface area contributed by atoms with Gasteiger partial charge in [-0.25, -0.2) is 0 Å². The molecule has 0 unspecified atom stereocenters. The van der Waals surface area contributed by atoms with E-state index in [4.69, 9.17) is 9.47 Å². The van der Waals surface area contributed by atoms with E-state index < -0.39 is 11.9 Å². The Morgan fingerprint density at radius 1 is 0.966 bits per heavy atom. The molecule has 0 bridgehead atoms. The van der Waals surface area contributed by atoms with Crippen LogP contribution < -0.4 is 10.1 Å². The Kier molecular flexibility index (Phi) is 8.40. The first-order valence-electron chi connectivity index (χ1n) is 9.68. The van der Waals surface area contributed by atoms with Crippen molar-refractivity contribution in [1.29, 1.82) is 0 Å². The summed E-state index contributed by atoms with van der Waals surface area (Å²) >= 11 is 0. The third-order valence-electron chi connectivity index (χ3n) is 4.23. The molecule has 0 aliphatic heterocycles. The van der Waals surface area contributed by atoms with Crippen molar-refractivity contribution >= 4 is 23.3 Å². The van der Waals surface area contributed by atoms with Gasteiger partial charge in [-0.3, -0.25) is 14.4 Å². The highest BCUT2D eigenvalue weighted by molar-refractivity contribution is 5.98. The minimum Gasteiger partial charge on any atom is -0.494 e. The third kappa shape index (κ3) is 7.41. The van der Waals surface area contributed by atoms with Gasteiger partial charge in [0.05, 0.1) is 13.0 Å². The average Bonchev–Trinajstić information content (AvgIpc) is 2.71. The second-order valence-electron chi connectivity index (χ2n) is 6.82. The summed E-state index contributed by atoms with van der Waals surface area (Å²) < 4.78 is 10.4. The van der Waals surface area contributed by atoms with Gasteiger partial charge in [-0.2, -0.15) is 0 Å². The maximum absolute atomic E-state index is 12.2. The SMILES string of the molecule is CCCOc1ccc(C(=O)CCC(=O)OCC(=O)Nc2ccc(C)cc2C)cc1. The molecule has 2 aromatic rings. The molecule has 0 fully saturated rings. The number of carbonyl (C=O) groups is 3. The van der Waals surface area contributed by atoms with E-state index in [9.17, 15) is 14.4 Å². The van der Waals surface area contributed by atoms with Crippen LogP contribution in [0.5, 0.6) is 5.75 Å². The number of hydrogen-bond acceptors (Lipinski definition) is 5. The molecule has 0 aliphatic rings. The first-order valence-corrected chi connectivity index (χ1v) is 9.68. The Balaban J connectivity index is 1.73. The zero-order valence-electron chi connectivity index (χ0n) is 17.1. The molecule has 0 saturated carbocycles. The number of esters is 1. The fourth-order valence-electron chi connectivity index (χ4n) is 2.68. The Morgan fingerprint density at radius 3 is 2.34 bits per heavy atom.